The molecule has 0 atom stereocenters. The van der Waals surface area contributed by atoms with Crippen LogP contribution in [0.3, 0.4) is 0 Å². The zero-order chi connectivity index (χ0) is 10.7. The number of hydrogen-bond acceptors (Lipinski definition) is 6. The summed E-state index contributed by atoms with van der Waals surface area (Å²) in [7, 11) is 1.52. The van der Waals surface area contributed by atoms with E-state index in [9.17, 15) is 4.79 Å². The summed E-state index contributed by atoms with van der Waals surface area (Å²) in [6.07, 6.45) is 0.778. The number of aldehydes is 1. The Hall–Kier alpha value is -1.14. The minimum atomic E-state index is 0.413. The Balaban J connectivity index is 2.19. The van der Waals surface area contributed by atoms with Crippen LogP contribution in [0.4, 0.5) is 5.13 Å². The monoisotopic (exact) mass is 228 g/mol. The Bertz CT molecular complexity index is 347. The van der Waals surface area contributed by atoms with E-state index in [1.165, 1.54) is 18.4 Å². The number of morpholine rings is 1. The van der Waals surface area contributed by atoms with Crippen LogP contribution in [0.1, 0.15) is 9.67 Å². The van der Waals surface area contributed by atoms with E-state index in [1.54, 1.807) is 0 Å². The van der Waals surface area contributed by atoms with Gasteiger partial charge in [-0.15, -0.1) is 0 Å². The van der Waals surface area contributed by atoms with Gasteiger partial charge in [0.1, 0.15) is 4.88 Å². The molecular formula is C9H12N2O3S. The summed E-state index contributed by atoms with van der Waals surface area (Å²) >= 11 is 1.36. The fourth-order valence-electron chi connectivity index (χ4n) is 1.42. The average molecular weight is 228 g/mol. The number of carbonyl (C=O) groups is 1. The second-order valence-corrected chi connectivity index (χ2v) is 4.10. The molecule has 1 fully saturated rings. The molecule has 0 spiro atoms. The second-order valence-electron chi connectivity index (χ2n) is 3.09. The van der Waals surface area contributed by atoms with Gasteiger partial charge in [0, 0.05) is 13.1 Å². The molecule has 0 radical (unpaired) electrons. The fraction of sp³-hybridized carbons (Fsp3) is 0.556. The van der Waals surface area contributed by atoms with Crippen LogP contribution in [-0.4, -0.2) is 44.7 Å². The van der Waals surface area contributed by atoms with Gasteiger partial charge in [-0.25, -0.2) is 0 Å². The molecule has 5 nitrogen and oxygen atoms in total. The van der Waals surface area contributed by atoms with Gasteiger partial charge in [-0.05, 0) is 0 Å². The number of anilines is 1. The van der Waals surface area contributed by atoms with Gasteiger partial charge in [0.25, 0.3) is 0 Å². The molecule has 0 amide bonds. The van der Waals surface area contributed by atoms with Crippen LogP contribution < -0.4 is 9.64 Å². The maximum atomic E-state index is 10.7. The summed E-state index contributed by atoms with van der Waals surface area (Å²) < 4.78 is 10.3. The number of ether oxygens (including phenoxy) is 2. The number of rotatable bonds is 3. The van der Waals surface area contributed by atoms with Crippen molar-refractivity contribution >= 4 is 22.8 Å². The van der Waals surface area contributed by atoms with Crippen molar-refractivity contribution in [1.82, 2.24) is 4.98 Å². The van der Waals surface area contributed by atoms with Gasteiger partial charge in [-0.1, -0.05) is 11.3 Å². The molecular weight excluding hydrogens is 216 g/mol. The zero-order valence-corrected chi connectivity index (χ0v) is 9.25. The summed E-state index contributed by atoms with van der Waals surface area (Å²) in [6, 6.07) is 0. The van der Waals surface area contributed by atoms with E-state index in [2.05, 4.69) is 9.88 Å². The highest BCUT2D eigenvalue weighted by Gasteiger charge is 2.18. The number of nitrogens with zero attached hydrogens (tertiary/aromatic N) is 2. The number of carbonyl (C=O) groups excluding carboxylic acids is 1. The highest BCUT2D eigenvalue weighted by atomic mass is 32.1. The molecule has 1 aromatic heterocycles. The smallest absolute Gasteiger partial charge is 0.237 e. The van der Waals surface area contributed by atoms with Crippen molar-refractivity contribution in [3.63, 3.8) is 0 Å². The SMILES string of the molecule is COc1nc(N2CCOCC2)sc1C=O. The Labute approximate surface area is 91.6 Å². The predicted octanol–water partition coefficient (Wildman–Crippen LogP) is 0.801. The van der Waals surface area contributed by atoms with Crippen molar-refractivity contribution in [3.05, 3.63) is 4.88 Å². The maximum absolute atomic E-state index is 10.7. The predicted molar refractivity (Wildman–Crippen MR) is 57.1 cm³/mol. The fourth-order valence-corrected chi connectivity index (χ4v) is 2.32. The summed E-state index contributed by atoms with van der Waals surface area (Å²) in [5.41, 5.74) is 0. The minimum absolute atomic E-state index is 0.413. The number of methoxy groups -OCH3 is 1. The molecule has 1 saturated heterocycles. The first-order valence-electron chi connectivity index (χ1n) is 4.68. The van der Waals surface area contributed by atoms with E-state index in [-0.39, 0.29) is 0 Å². The molecule has 1 aliphatic rings. The molecule has 0 unspecified atom stereocenters. The lowest BCUT2D eigenvalue weighted by molar-refractivity contribution is 0.112. The van der Waals surface area contributed by atoms with Crippen molar-refractivity contribution in [2.75, 3.05) is 38.3 Å². The van der Waals surface area contributed by atoms with Crippen molar-refractivity contribution in [3.8, 4) is 5.88 Å². The van der Waals surface area contributed by atoms with Crippen LogP contribution in [0.2, 0.25) is 0 Å². The third-order valence-corrected chi connectivity index (χ3v) is 3.21. The van der Waals surface area contributed by atoms with Crippen LogP contribution in [0.5, 0.6) is 5.88 Å². The molecule has 2 rings (SSSR count). The lowest BCUT2D eigenvalue weighted by Crippen LogP contribution is -2.36. The summed E-state index contributed by atoms with van der Waals surface area (Å²) in [5, 5.41) is 0.831. The Morgan fingerprint density at radius 1 is 1.53 bits per heavy atom. The first-order chi connectivity index (χ1) is 7.35. The first kappa shape index (κ1) is 10.4. The quantitative estimate of drug-likeness (QED) is 0.716. The lowest BCUT2D eigenvalue weighted by Gasteiger charge is -2.25. The van der Waals surface area contributed by atoms with Gasteiger partial charge >= 0.3 is 0 Å². The summed E-state index contributed by atoms with van der Waals surface area (Å²) in [5.74, 6) is 0.413. The molecule has 1 aliphatic heterocycles. The molecule has 6 heteroatoms. The molecule has 2 heterocycles. The zero-order valence-electron chi connectivity index (χ0n) is 8.43. The molecule has 0 bridgehead atoms. The number of hydrogen-bond donors (Lipinski definition) is 0. The normalized spacial score (nSPS) is 16.5. The van der Waals surface area contributed by atoms with Gasteiger partial charge < -0.3 is 14.4 Å². The maximum Gasteiger partial charge on any atom is 0.237 e. The summed E-state index contributed by atoms with van der Waals surface area (Å²) in [6.45, 7) is 3.04. The molecule has 0 N–H and O–H groups in total. The van der Waals surface area contributed by atoms with Crippen molar-refractivity contribution in [2.24, 2.45) is 0 Å². The van der Waals surface area contributed by atoms with Crippen LogP contribution in [0, 0.1) is 0 Å². The Morgan fingerprint density at radius 2 is 2.27 bits per heavy atom. The van der Waals surface area contributed by atoms with Crippen LogP contribution in [0.25, 0.3) is 0 Å². The van der Waals surface area contributed by atoms with Gasteiger partial charge in [0.2, 0.25) is 5.88 Å². The number of aromatic nitrogens is 1. The third-order valence-electron chi connectivity index (χ3n) is 2.19. The number of thiazole rings is 1. The first-order valence-corrected chi connectivity index (χ1v) is 5.49. The van der Waals surface area contributed by atoms with Crippen LogP contribution >= 0.6 is 11.3 Å². The van der Waals surface area contributed by atoms with Gasteiger partial charge in [0.15, 0.2) is 11.4 Å². The van der Waals surface area contributed by atoms with Gasteiger partial charge in [-0.3, -0.25) is 4.79 Å². The minimum Gasteiger partial charge on any atom is -0.480 e. The molecule has 0 aromatic carbocycles. The largest absolute Gasteiger partial charge is 0.480 e. The van der Waals surface area contributed by atoms with Crippen LogP contribution in [0.15, 0.2) is 0 Å². The van der Waals surface area contributed by atoms with E-state index in [4.69, 9.17) is 9.47 Å². The van der Waals surface area contributed by atoms with E-state index >= 15 is 0 Å². The van der Waals surface area contributed by atoms with Gasteiger partial charge in [-0.2, -0.15) is 4.98 Å². The van der Waals surface area contributed by atoms with E-state index in [0.717, 1.165) is 24.5 Å². The van der Waals surface area contributed by atoms with E-state index in [0.29, 0.717) is 24.0 Å². The van der Waals surface area contributed by atoms with Crippen molar-refractivity contribution in [1.29, 1.82) is 0 Å². The topological polar surface area (TPSA) is 51.7 Å². The highest BCUT2D eigenvalue weighted by molar-refractivity contribution is 7.17. The third kappa shape index (κ3) is 2.10. The molecule has 0 saturated carbocycles. The summed E-state index contributed by atoms with van der Waals surface area (Å²) in [4.78, 5) is 17.6. The molecule has 82 valence electrons. The van der Waals surface area contributed by atoms with Crippen molar-refractivity contribution < 1.29 is 14.3 Å². The average Bonchev–Trinajstić information content (AvgIpc) is 2.73. The second kappa shape index (κ2) is 4.59. The standard InChI is InChI=1S/C9H12N2O3S/c1-13-8-7(6-12)15-9(10-8)11-2-4-14-5-3-11/h6H,2-5H2,1H3. The van der Waals surface area contributed by atoms with E-state index < -0.39 is 0 Å². The molecule has 1 aromatic rings. The van der Waals surface area contributed by atoms with E-state index in [1.807, 2.05) is 0 Å². The lowest BCUT2D eigenvalue weighted by atomic mass is 10.5. The van der Waals surface area contributed by atoms with Gasteiger partial charge in [0.05, 0.1) is 20.3 Å². The molecule has 0 aliphatic carbocycles. The highest BCUT2D eigenvalue weighted by Crippen LogP contribution is 2.30. The molecule has 15 heavy (non-hydrogen) atoms. The Kier molecular flexibility index (Phi) is 3.17. The van der Waals surface area contributed by atoms with Crippen LogP contribution in [-0.2, 0) is 4.74 Å². The Morgan fingerprint density at radius 3 is 2.80 bits per heavy atom. The van der Waals surface area contributed by atoms with Crippen molar-refractivity contribution in [2.45, 2.75) is 0 Å².